The van der Waals surface area contributed by atoms with Gasteiger partial charge in [0.05, 0.1) is 22.9 Å². The molecule has 1 amide bonds. The quantitative estimate of drug-likeness (QED) is 0.437. The van der Waals surface area contributed by atoms with Crippen molar-refractivity contribution in [1.82, 2.24) is 5.32 Å². The van der Waals surface area contributed by atoms with Crippen LogP contribution in [0.2, 0.25) is 0 Å². The molecule has 168 valence electrons. The largest absolute Gasteiger partial charge is 0.347 e. The van der Waals surface area contributed by atoms with Gasteiger partial charge in [-0.25, -0.2) is 8.42 Å². The minimum Gasteiger partial charge on any atom is -0.347 e. The fourth-order valence-corrected chi connectivity index (χ4v) is 4.71. The molecule has 0 unspecified atom stereocenters. The van der Waals surface area contributed by atoms with Crippen LogP contribution >= 0.6 is 0 Å². The topological polar surface area (TPSA) is 110 Å². The number of hydrogen-bond acceptors (Lipinski definition) is 5. The van der Waals surface area contributed by atoms with Gasteiger partial charge in [0.2, 0.25) is 15.9 Å². The van der Waals surface area contributed by atoms with Crippen molar-refractivity contribution >= 4 is 27.3 Å². The molecule has 0 saturated heterocycles. The lowest BCUT2D eigenvalue weighted by molar-refractivity contribution is -0.384. The molecule has 31 heavy (non-hydrogen) atoms. The minimum atomic E-state index is -3.89. The van der Waals surface area contributed by atoms with Crippen molar-refractivity contribution in [1.29, 1.82) is 0 Å². The smallest absolute Gasteiger partial charge is 0.271 e. The number of amides is 1. The molecule has 0 aromatic heterocycles. The molecular weight excluding hydrogens is 418 g/mol. The van der Waals surface area contributed by atoms with E-state index in [4.69, 9.17) is 0 Å². The summed E-state index contributed by atoms with van der Waals surface area (Å²) in [5.41, 5.74) is 0.767. The van der Waals surface area contributed by atoms with Crippen LogP contribution in [-0.2, 0) is 14.8 Å². The molecule has 0 radical (unpaired) electrons. The van der Waals surface area contributed by atoms with Gasteiger partial charge in [-0.05, 0) is 30.4 Å². The van der Waals surface area contributed by atoms with Crippen LogP contribution in [0.5, 0.6) is 0 Å². The number of nitrogens with one attached hydrogen (secondary N) is 1. The number of benzene rings is 2. The molecule has 0 fully saturated rings. The molecule has 0 aliphatic carbocycles. The van der Waals surface area contributed by atoms with E-state index >= 15 is 0 Å². The third-order valence-electron chi connectivity index (χ3n) is 4.85. The summed E-state index contributed by atoms with van der Waals surface area (Å²) in [7, 11) is -3.89. The predicted molar refractivity (Wildman–Crippen MR) is 121 cm³/mol. The molecule has 2 atom stereocenters. The van der Waals surface area contributed by atoms with Gasteiger partial charge in [-0.3, -0.25) is 19.2 Å². The normalized spacial score (nSPS) is 13.5. The maximum absolute atomic E-state index is 13.3. The van der Waals surface area contributed by atoms with Crippen LogP contribution in [0.4, 0.5) is 11.4 Å². The number of non-ortho nitro benzene ring substituents is 1. The molecule has 0 heterocycles. The first-order valence-corrected chi connectivity index (χ1v) is 12.0. The number of carbonyl (C=O) groups is 1. The van der Waals surface area contributed by atoms with Crippen molar-refractivity contribution in [2.24, 2.45) is 5.92 Å². The first kappa shape index (κ1) is 24.3. The van der Waals surface area contributed by atoms with Gasteiger partial charge < -0.3 is 5.32 Å². The summed E-state index contributed by atoms with van der Waals surface area (Å²) in [4.78, 5) is 23.8. The molecule has 0 aliphatic rings. The van der Waals surface area contributed by atoms with Crippen LogP contribution in [0.3, 0.4) is 0 Å². The zero-order valence-corrected chi connectivity index (χ0v) is 19.0. The first-order chi connectivity index (χ1) is 14.5. The number of nitro benzene ring substituents is 1. The van der Waals surface area contributed by atoms with Crippen molar-refractivity contribution in [3.05, 3.63) is 70.3 Å². The van der Waals surface area contributed by atoms with Crippen LogP contribution in [0, 0.1) is 16.0 Å². The molecule has 2 rings (SSSR count). The average Bonchev–Trinajstić information content (AvgIpc) is 2.70. The molecule has 0 aliphatic heterocycles. The van der Waals surface area contributed by atoms with Crippen LogP contribution in [-0.4, -0.2) is 31.5 Å². The second kappa shape index (κ2) is 10.4. The standard InChI is InChI=1S/C22H29N3O5S/c1-5-21(22(26)23-20(14-16(2)3)17-10-7-6-8-11-17)24(31(4,29)30)18-12-9-13-19(15-18)25(27)28/h6-13,15-16,20-21H,5,14H2,1-4H3,(H,23,26)/t20-,21+/m1/s1. The van der Waals surface area contributed by atoms with Gasteiger partial charge in [0.15, 0.2) is 0 Å². The third-order valence-corrected chi connectivity index (χ3v) is 6.03. The summed E-state index contributed by atoms with van der Waals surface area (Å²) >= 11 is 0. The van der Waals surface area contributed by atoms with Crippen LogP contribution in [0.25, 0.3) is 0 Å². The Balaban J connectivity index is 2.42. The Labute approximate surface area is 183 Å². The first-order valence-electron chi connectivity index (χ1n) is 10.1. The summed E-state index contributed by atoms with van der Waals surface area (Å²) in [5, 5.41) is 14.2. The van der Waals surface area contributed by atoms with E-state index in [1.165, 1.54) is 24.3 Å². The minimum absolute atomic E-state index is 0.0822. The Kier molecular flexibility index (Phi) is 8.15. The van der Waals surface area contributed by atoms with Crippen LogP contribution in [0.15, 0.2) is 54.6 Å². The maximum atomic E-state index is 13.3. The van der Waals surface area contributed by atoms with Crippen molar-refractivity contribution in [2.75, 3.05) is 10.6 Å². The van der Waals surface area contributed by atoms with Crippen molar-refractivity contribution in [3.63, 3.8) is 0 Å². The third kappa shape index (κ3) is 6.52. The van der Waals surface area contributed by atoms with Crippen LogP contribution < -0.4 is 9.62 Å². The predicted octanol–water partition coefficient (Wildman–Crippen LogP) is 4.04. The zero-order chi connectivity index (χ0) is 23.2. The molecule has 9 heteroatoms. The summed E-state index contributed by atoms with van der Waals surface area (Å²) < 4.78 is 26.2. The summed E-state index contributed by atoms with van der Waals surface area (Å²) in [5.74, 6) is -0.151. The molecule has 1 N–H and O–H groups in total. The van der Waals surface area contributed by atoms with Gasteiger partial charge in [-0.2, -0.15) is 0 Å². The Morgan fingerprint density at radius 2 is 1.77 bits per heavy atom. The van der Waals surface area contributed by atoms with E-state index in [2.05, 4.69) is 5.32 Å². The van der Waals surface area contributed by atoms with Crippen molar-refractivity contribution < 1.29 is 18.1 Å². The molecule has 0 saturated carbocycles. The number of nitro groups is 1. The summed E-state index contributed by atoms with van der Waals surface area (Å²) in [6, 6.07) is 13.5. The highest BCUT2D eigenvalue weighted by Crippen LogP contribution is 2.28. The van der Waals surface area contributed by atoms with E-state index in [0.717, 1.165) is 16.1 Å². The Bertz CT molecular complexity index is 1010. The van der Waals surface area contributed by atoms with Gasteiger partial charge in [0.1, 0.15) is 6.04 Å². The van der Waals surface area contributed by atoms with E-state index in [0.29, 0.717) is 12.3 Å². The second-order valence-electron chi connectivity index (χ2n) is 7.86. The molecular formula is C22H29N3O5S. The number of rotatable bonds is 10. The number of carbonyl (C=O) groups excluding carboxylic acids is 1. The summed E-state index contributed by atoms with van der Waals surface area (Å²) in [6.07, 6.45) is 1.87. The second-order valence-corrected chi connectivity index (χ2v) is 9.72. The van der Waals surface area contributed by atoms with E-state index < -0.39 is 26.9 Å². The highest BCUT2D eigenvalue weighted by molar-refractivity contribution is 7.92. The summed E-state index contributed by atoms with van der Waals surface area (Å²) in [6.45, 7) is 5.80. The Morgan fingerprint density at radius 1 is 1.13 bits per heavy atom. The van der Waals surface area contributed by atoms with E-state index in [1.807, 2.05) is 44.2 Å². The van der Waals surface area contributed by atoms with Gasteiger partial charge in [0.25, 0.3) is 5.69 Å². The van der Waals surface area contributed by atoms with Gasteiger partial charge in [-0.15, -0.1) is 0 Å². The molecule has 0 bridgehead atoms. The number of anilines is 1. The highest BCUT2D eigenvalue weighted by atomic mass is 32.2. The Hall–Kier alpha value is -2.94. The number of hydrogen-bond donors (Lipinski definition) is 1. The lowest BCUT2D eigenvalue weighted by atomic mass is 9.96. The highest BCUT2D eigenvalue weighted by Gasteiger charge is 2.33. The van der Waals surface area contributed by atoms with E-state index in [1.54, 1.807) is 6.92 Å². The Morgan fingerprint density at radius 3 is 2.29 bits per heavy atom. The SMILES string of the molecule is CC[C@@H](C(=O)N[C@H](CC(C)C)c1ccccc1)N(c1cccc([N+](=O)[O-])c1)S(C)(=O)=O. The average molecular weight is 448 g/mol. The van der Waals surface area contributed by atoms with Crippen LogP contribution in [0.1, 0.15) is 45.2 Å². The zero-order valence-electron chi connectivity index (χ0n) is 18.2. The fraction of sp³-hybridized carbons (Fsp3) is 0.409. The monoisotopic (exact) mass is 447 g/mol. The van der Waals surface area contributed by atoms with Gasteiger partial charge >= 0.3 is 0 Å². The fourth-order valence-electron chi connectivity index (χ4n) is 3.51. The van der Waals surface area contributed by atoms with E-state index in [9.17, 15) is 23.3 Å². The lowest BCUT2D eigenvalue weighted by Crippen LogP contribution is -2.50. The van der Waals surface area contributed by atoms with Gasteiger partial charge in [0, 0.05) is 12.1 Å². The van der Waals surface area contributed by atoms with Crippen molar-refractivity contribution in [3.8, 4) is 0 Å². The molecule has 8 nitrogen and oxygen atoms in total. The molecule has 2 aromatic rings. The van der Waals surface area contributed by atoms with Gasteiger partial charge in [-0.1, -0.05) is 57.2 Å². The van der Waals surface area contributed by atoms with E-state index in [-0.39, 0.29) is 23.8 Å². The molecule has 0 spiro atoms. The van der Waals surface area contributed by atoms with Crippen molar-refractivity contribution in [2.45, 2.75) is 45.7 Å². The maximum Gasteiger partial charge on any atom is 0.271 e. The number of sulfonamides is 1. The lowest BCUT2D eigenvalue weighted by Gasteiger charge is -2.32. The molecule has 2 aromatic carbocycles. The number of nitrogens with zero attached hydrogens (tertiary/aromatic N) is 2.